The smallest absolute Gasteiger partial charge is 0.340 e. The summed E-state index contributed by atoms with van der Waals surface area (Å²) in [6.45, 7) is 5.88. The molecule has 1 atom stereocenters. The number of amides is 2. The largest absolute Gasteiger partial charge is 0.416 e. The van der Waals surface area contributed by atoms with E-state index in [1.54, 1.807) is 19.2 Å². The highest BCUT2D eigenvalue weighted by Gasteiger charge is 2.30. The molecule has 0 heterocycles. The van der Waals surface area contributed by atoms with Crippen LogP contribution >= 0.6 is 0 Å². The molecule has 2 amide bonds. The molecule has 0 aliphatic rings. The summed E-state index contributed by atoms with van der Waals surface area (Å²) < 4.78 is 38.2. The van der Waals surface area contributed by atoms with Crippen LogP contribution in [0.15, 0.2) is 48.5 Å². The minimum absolute atomic E-state index is 0.145. The average molecular weight is 420 g/mol. The first-order valence-electron chi connectivity index (χ1n) is 9.76. The molecular weight excluding hydrogens is 393 g/mol. The second-order valence-electron chi connectivity index (χ2n) is 7.86. The molecule has 0 aliphatic heterocycles. The van der Waals surface area contributed by atoms with E-state index in [4.69, 9.17) is 0 Å². The Labute approximate surface area is 175 Å². The summed E-state index contributed by atoms with van der Waals surface area (Å²) >= 11 is 0. The van der Waals surface area contributed by atoms with Crippen molar-refractivity contribution >= 4 is 11.8 Å². The number of carbonyl (C=O) groups is 2. The predicted molar refractivity (Wildman–Crippen MR) is 110 cm³/mol. The molecule has 0 saturated heterocycles. The van der Waals surface area contributed by atoms with Crippen molar-refractivity contribution in [3.05, 3.63) is 70.8 Å². The third kappa shape index (κ3) is 6.34. The predicted octanol–water partition coefficient (Wildman–Crippen LogP) is 4.82. The zero-order valence-electron chi connectivity index (χ0n) is 17.6. The van der Waals surface area contributed by atoms with E-state index in [9.17, 15) is 22.8 Å². The molecule has 162 valence electrons. The van der Waals surface area contributed by atoms with Crippen LogP contribution in [0.2, 0.25) is 0 Å². The molecule has 7 heteroatoms. The first kappa shape index (κ1) is 23.4. The fraction of sp³-hybridized carbons (Fsp3) is 0.391. The van der Waals surface area contributed by atoms with E-state index in [1.165, 1.54) is 17.0 Å². The average Bonchev–Trinajstić information content (AvgIpc) is 2.66. The summed E-state index contributed by atoms with van der Waals surface area (Å²) in [4.78, 5) is 27.1. The van der Waals surface area contributed by atoms with Crippen molar-refractivity contribution < 1.29 is 22.8 Å². The van der Waals surface area contributed by atoms with Crippen LogP contribution in [0.1, 0.15) is 47.3 Å². The van der Waals surface area contributed by atoms with Gasteiger partial charge in [0.1, 0.15) is 6.04 Å². The molecule has 4 nitrogen and oxygen atoms in total. The summed E-state index contributed by atoms with van der Waals surface area (Å²) in [6.07, 6.45) is -3.95. The van der Waals surface area contributed by atoms with Crippen LogP contribution in [-0.4, -0.2) is 29.8 Å². The number of benzene rings is 2. The van der Waals surface area contributed by atoms with Gasteiger partial charge < -0.3 is 10.2 Å². The number of carbonyl (C=O) groups excluding carboxylic acids is 2. The van der Waals surface area contributed by atoms with Crippen LogP contribution in [0.3, 0.4) is 0 Å². The quantitative estimate of drug-likeness (QED) is 0.698. The van der Waals surface area contributed by atoms with E-state index < -0.39 is 17.8 Å². The number of nitrogens with zero attached hydrogens (tertiary/aromatic N) is 1. The van der Waals surface area contributed by atoms with Crippen molar-refractivity contribution in [2.45, 2.75) is 46.0 Å². The zero-order chi connectivity index (χ0) is 22.5. The Morgan fingerprint density at radius 2 is 1.63 bits per heavy atom. The van der Waals surface area contributed by atoms with Crippen molar-refractivity contribution in [1.29, 1.82) is 0 Å². The molecule has 2 aromatic rings. The highest BCUT2D eigenvalue weighted by atomic mass is 19.4. The Morgan fingerprint density at radius 3 is 2.17 bits per heavy atom. The lowest BCUT2D eigenvalue weighted by Gasteiger charge is -2.26. The number of hydrogen-bond acceptors (Lipinski definition) is 2. The molecule has 0 saturated carbocycles. The van der Waals surface area contributed by atoms with Gasteiger partial charge in [-0.1, -0.05) is 44.2 Å². The normalized spacial score (nSPS) is 12.5. The van der Waals surface area contributed by atoms with Crippen LogP contribution < -0.4 is 5.32 Å². The lowest BCUT2D eigenvalue weighted by atomic mass is 10.0. The maximum atomic E-state index is 13.0. The second kappa shape index (κ2) is 9.78. The Balaban J connectivity index is 2.11. The van der Waals surface area contributed by atoms with Gasteiger partial charge in [-0.15, -0.1) is 0 Å². The molecule has 30 heavy (non-hydrogen) atoms. The Kier molecular flexibility index (Phi) is 7.65. The van der Waals surface area contributed by atoms with Crippen LogP contribution in [0.25, 0.3) is 0 Å². The summed E-state index contributed by atoms with van der Waals surface area (Å²) in [5.74, 6) is -0.448. The number of aryl methyl sites for hydroxylation is 1. The van der Waals surface area contributed by atoms with Gasteiger partial charge >= 0.3 is 6.18 Å². The van der Waals surface area contributed by atoms with E-state index in [0.717, 1.165) is 17.7 Å². The van der Waals surface area contributed by atoms with Gasteiger partial charge in [0.15, 0.2) is 0 Å². The number of halogens is 3. The second-order valence-corrected chi connectivity index (χ2v) is 7.86. The molecule has 0 fully saturated rings. The van der Waals surface area contributed by atoms with Crippen molar-refractivity contribution in [2.24, 2.45) is 5.92 Å². The van der Waals surface area contributed by atoms with Crippen molar-refractivity contribution in [3.8, 4) is 0 Å². The van der Waals surface area contributed by atoms with E-state index in [1.807, 2.05) is 32.9 Å². The Morgan fingerprint density at radius 1 is 1.03 bits per heavy atom. The molecule has 1 unspecified atom stereocenters. The number of alkyl halides is 3. The lowest BCUT2D eigenvalue weighted by Crippen LogP contribution is -2.47. The fourth-order valence-corrected chi connectivity index (χ4v) is 3.17. The van der Waals surface area contributed by atoms with Gasteiger partial charge in [0.2, 0.25) is 5.91 Å². The van der Waals surface area contributed by atoms with Crippen LogP contribution in [0, 0.1) is 12.8 Å². The van der Waals surface area contributed by atoms with Gasteiger partial charge in [0.05, 0.1) is 5.56 Å². The number of nitrogens with one attached hydrogen (secondary N) is 1. The summed E-state index contributed by atoms with van der Waals surface area (Å²) in [5, 5.41) is 2.82. The number of hydrogen-bond donors (Lipinski definition) is 1. The minimum atomic E-state index is -4.40. The fourth-order valence-electron chi connectivity index (χ4n) is 3.17. The van der Waals surface area contributed by atoms with Crippen LogP contribution in [0.4, 0.5) is 13.2 Å². The molecule has 0 aromatic heterocycles. The zero-order valence-corrected chi connectivity index (χ0v) is 17.6. The third-order valence-corrected chi connectivity index (χ3v) is 4.78. The summed E-state index contributed by atoms with van der Waals surface area (Å²) in [5.41, 5.74) is 1.16. The van der Waals surface area contributed by atoms with Gasteiger partial charge in [-0.2, -0.15) is 13.2 Å². The first-order chi connectivity index (χ1) is 14.0. The van der Waals surface area contributed by atoms with E-state index in [2.05, 4.69) is 5.32 Å². The molecule has 0 spiro atoms. The molecule has 0 radical (unpaired) electrons. The van der Waals surface area contributed by atoms with Crippen molar-refractivity contribution in [3.63, 3.8) is 0 Å². The Hall–Kier alpha value is -2.83. The summed E-state index contributed by atoms with van der Waals surface area (Å²) in [7, 11) is 1.58. The van der Waals surface area contributed by atoms with Gasteiger partial charge in [-0.3, -0.25) is 9.59 Å². The molecule has 2 aromatic carbocycles. The molecule has 1 N–H and O–H groups in total. The lowest BCUT2D eigenvalue weighted by molar-refractivity contribution is -0.137. The highest BCUT2D eigenvalue weighted by Crippen LogP contribution is 2.29. The third-order valence-electron chi connectivity index (χ3n) is 4.78. The van der Waals surface area contributed by atoms with Crippen molar-refractivity contribution in [1.82, 2.24) is 10.2 Å². The highest BCUT2D eigenvalue weighted by molar-refractivity contribution is 5.98. The van der Waals surface area contributed by atoms with Crippen molar-refractivity contribution in [2.75, 3.05) is 7.05 Å². The molecule has 2 rings (SSSR count). The van der Waals surface area contributed by atoms with Gasteiger partial charge in [-0.05, 0) is 48.6 Å². The van der Waals surface area contributed by atoms with E-state index in [0.29, 0.717) is 17.5 Å². The van der Waals surface area contributed by atoms with Crippen LogP contribution in [-0.2, 0) is 17.5 Å². The van der Waals surface area contributed by atoms with Gasteiger partial charge in [-0.25, -0.2) is 0 Å². The molecular formula is C23H27F3N2O2. The first-order valence-corrected chi connectivity index (χ1v) is 9.76. The maximum absolute atomic E-state index is 13.0. The maximum Gasteiger partial charge on any atom is 0.416 e. The Bertz CT molecular complexity index is 877. The van der Waals surface area contributed by atoms with E-state index >= 15 is 0 Å². The van der Waals surface area contributed by atoms with Crippen LogP contribution in [0.5, 0.6) is 0 Å². The topological polar surface area (TPSA) is 49.4 Å². The molecule has 0 bridgehead atoms. The number of rotatable bonds is 7. The van der Waals surface area contributed by atoms with Gasteiger partial charge in [0.25, 0.3) is 5.91 Å². The summed E-state index contributed by atoms with van der Waals surface area (Å²) in [6, 6.07) is 11.1. The van der Waals surface area contributed by atoms with E-state index in [-0.39, 0.29) is 24.3 Å². The number of likely N-dealkylation sites (N-methyl/N-ethyl adjacent to an activating group) is 1. The molecule has 0 aliphatic carbocycles. The standard InChI is InChI=1S/C23H27F3N2O2/c1-15(2)13-20(27-21(29)19-8-6-5-7-16(19)3)22(30)28(4)14-17-9-11-18(12-10-17)23(24,25)26/h5-12,15,20H,13-14H2,1-4H3,(H,27,29). The van der Waals surface area contributed by atoms with Gasteiger partial charge in [0, 0.05) is 19.2 Å². The monoisotopic (exact) mass is 420 g/mol. The SMILES string of the molecule is Cc1ccccc1C(=O)NC(CC(C)C)C(=O)N(C)Cc1ccc(C(F)(F)F)cc1. The minimum Gasteiger partial charge on any atom is -0.340 e.